The average molecular weight is 279 g/mol. The molecule has 0 amide bonds. The minimum absolute atomic E-state index is 0.0498. The van der Waals surface area contributed by atoms with E-state index in [1.807, 2.05) is 6.07 Å². The zero-order chi connectivity index (χ0) is 14.7. The van der Waals surface area contributed by atoms with Gasteiger partial charge in [-0.1, -0.05) is 6.92 Å². The van der Waals surface area contributed by atoms with Crippen LogP contribution >= 0.6 is 0 Å². The van der Waals surface area contributed by atoms with Crippen molar-refractivity contribution in [1.29, 1.82) is 0 Å². The Kier molecular flexibility index (Phi) is 4.44. The molecule has 0 radical (unpaired) electrons. The zero-order valence-corrected chi connectivity index (χ0v) is 11.9. The Morgan fingerprint density at radius 3 is 2.85 bits per heavy atom. The number of hydrogen-bond acceptors (Lipinski definition) is 5. The van der Waals surface area contributed by atoms with E-state index in [2.05, 4.69) is 11.8 Å². The van der Waals surface area contributed by atoms with Crippen molar-refractivity contribution in [3.63, 3.8) is 0 Å². The molecule has 2 N–H and O–H groups in total. The van der Waals surface area contributed by atoms with E-state index in [9.17, 15) is 10.1 Å². The molecular weight excluding hydrogens is 258 g/mol. The first-order chi connectivity index (χ1) is 9.55. The van der Waals surface area contributed by atoms with Crippen LogP contribution in [0.1, 0.15) is 19.8 Å². The molecule has 2 unspecified atom stereocenters. The molecule has 0 spiro atoms. The van der Waals surface area contributed by atoms with Crippen LogP contribution in [0.5, 0.6) is 5.75 Å². The van der Waals surface area contributed by atoms with E-state index < -0.39 is 4.92 Å². The van der Waals surface area contributed by atoms with Gasteiger partial charge in [0.05, 0.1) is 18.1 Å². The van der Waals surface area contributed by atoms with E-state index in [1.54, 1.807) is 6.07 Å². The van der Waals surface area contributed by atoms with Crippen LogP contribution < -0.4 is 15.4 Å². The number of non-ortho nitro benzene ring substituents is 1. The molecule has 1 aromatic carbocycles. The topological polar surface area (TPSA) is 81.6 Å². The lowest BCUT2D eigenvalue weighted by Crippen LogP contribution is -2.46. The Hall–Kier alpha value is -1.82. The van der Waals surface area contributed by atoms with Gasteiger partial charge in [-0.3, -0.25) is 10.1 Å². The predicted molar refractivity (Wildman–Crippen MR) is 78.2 cm³/mol. The van der Waals surface area contributed by atoms with Crippen molar-refractivity contribution in [3.8, 4) is 5.75 Å². The number of methoxy groups -OCH3 is 1. The number of nitro benzene ring substituents is 1. The third-order valence-corrected chi connectivity index (χ3v) is 3.90. The first-order valence-corrected chi connectivity index (χ1v) is 6.85. The van der Waals surface area contributed by atoms with Crippen molar-refractivity contribution >= 4 is 11.4 Å². The number of anilines is 1. The molecule has 1 fully saturated rings. The smallest absolute Gasteiger partial charge is 0.275 e. The van der Waals surface area contributed by atoms with Crippen LogP contribution in [0, 0.1) is 16.0 Å². The second-order valence-corrected chi connectivity index (χ2v) is 5.36. The van der Waals surface area contributed by atoms with Gasteiger partial charge in [0.2, 0.25) is 0 Å². The van der Waals surface area contributed by atoms with Crippen LogP contribution in [-0.2, 0) is 0 Å². The van der Waals surface area contributed by atoms with Crippen LogP contribution in [0.3, 0.4) is 0 Å². The molecule has 6 nitrogen and oxygen atoms in total. The maximum atomic E-state index is 11.0. The average Bonchev–Trinajstić information content (AvgIpc) is 2.46. The van der Waals surface area contributed by atoms with Crippen LogP contribution in [0.25, 0.3) is 0 Å². The Labute approximate surface area is 118 Å². The number of hydrogen-bond donors (Lipinski definition) is 1. The van der Waals surface area contributed by atoms with Gasteiger partial charge in [0.25, 0.3) is 5.69 Å². The predicted octanol–water partition coefficient (Wildman–Crippen LogP) is 2.17. The summed E-state index contributed by atoms with van der Waals surface area (Å²) in [5, 5.41) is 11.0. The minimum Gasteiger partial charge on any atom is -0.496 e. The summed E-state index contributed by atoms with van der Waals surface area (Å²) in [7, 11) is 1.52. The first-order valence-electron chi connectivity index (χ1n) is 6.85. The highest BCUT2D eigenvalue weighted by atomic mass is 16.6. The lowest BCUT2D eigenvalue weighted by atomic mass is 9.92. The Balaban J connectivity index is 2.35. The van der Waals surface area contributed by atoms with Gasteiger partial charge in [0.15, 0.2) is 0 Å². The SMILES string of the molecule is COc1cc(N2CCC(C)CC2CN)cc([N+](=O)[O-])c1. The zero-order valence-electron chi connectivity index (χ0n) is 11.9. The van der Waals surface area contributed by atoms with Gasteiger partial charge in [0, 0.05) is 37.0 Å². The highest BCUT2D eigenvalue weighted by Crippen LogP contribution is 2.33. The molecule has 1 heterocycles. The van der Waals surface area contributed by atoms with Crippen LogP contribution in [-0.4, -0.2) is 31.2 Å². The van der Waals surface area contributed by atoms with Gasteiger partial charge >= 0.3 is 0 Å². The quantitative estimate of drug-likeness (QED) is 0.674. The van der Waals surface area contributed by atoms with E-state index in [4.69, 9.17) is 10.5 Å². The molecule has 1 aliphatic heterocycles. The molecule has 6 heteroatoms. The maximum Gasteiger partial charge on any atom is 0.275 e. The molecule has 1 aromatic rings. The molecule has 1 aliphatic rings. The Bertz CT molecular complexity index is 493. The Morgan fingerprint density at radius 2 is 2.25 bits per heavy atom. The number of ether oxygens (including phenoxy) is 1. The summed E-state index contributed by atoms with van der Waals surface area (Å²) < 4.78 is 5.16. The number of nitrogens with two attached hydrogens (primary N) is 1. The van der Waals surface area contributed by atoms with Gasteiger partial charge in [-0.2, -0.15) is 0 Å². The largest absolute Gasteiger partial charge is 0.496 e. The normalized spacial score (nSPS) is 22.6. The number of rotatable bonds is 4. The molecule has 20 heavy (non-hydrogen) atoms. The number of nitro groups is 1. The number of piperidine rings is 1. The van der Waals surface area contributed by atoms with Crippen molar-refractivity contribution in [1.82, 2.24) is 0 Å². The van der Waals surface area contributed by atoms with Crippen molar-refractivity contribution in [2.45, 2.75) is 25.8 Å². The summed E-state index contributed by atoms with van der Waals surface area (Å²) in [6.07, 6.45) is 2.09. The summed E-state index contributed by atoms with van der Waals surface area (Å²) in [6.45, 7) is 3.64. The lowest BCUT2D eigenvalue weighted by Gasteiger charge is -2.39. The van der Waals surface area contributed by atoms with E-state index >= 15 is 0 Å². The highest BCUT2D eigenvalue weighted by molar-refractivity contribution is 5.59. The standard InChI is InChI=1S/C14H21N3O3/c1-10-3-4-16(13(5-10)9-15)11-6-12(17(18)19)8-14(7-11)20-2/h6-8,10,13H,3-5,9,15H2,1-2H3. The van der Waals surface area contributed by atoms with Gasteiger partial charge in [-0.15, -0.1) is 0 Å². The van der Waals surface area contributed by atoms with E-state index in [0.717, 1.165) is 25.1 Å². The summed E-state index contributed by atoms with van der Waals surface area (Å²) in [5.41, 5.74) is 6.72. The maximum absolute atomic E-state index is 11.0. The second-order valence-electron chi connectivity index (χ2n) is 5.36. The van der Waals surface area contributed by atoms with Gasteiger partial charge < -0.3 is 15.4 Å². The van der Waals surface area contributed by atoms with Crippen molar-refractivity contribution in [2.75, 3.05) is 25.1 Å². The van der Waals surface area contributed by atoms with Gasteiger partial charge in [-0.25, -0.2) is 0 Å². The highest BCUT2D eigenvalue weighted by Gasteiger charge is 2.27. The molecular formula is C14H21N3O3. The molecule has 2 rings (SSSR count). The fraction of sp³-hybridized carbons (Fsp3) is 0.571. The van der Waals surface area contributed by atoms with E-state index in [1.165, 1.54) is 13.2 Å². The molecule has 2 atom stereocenters. The van der Waals surface area contributed by atoms with Crippen LogP contribution in [0.2, 0.25) is 0 Å². The minimum atomic E-state index is -0.393. The molecule has 0 bridgehead atoms. The van der Waals surface area contributed by atoms with Crippen LogP contribution in [0.15, 0.2) is 18.2 Å². The fourth-order valence-electron chi connectivity index (χ4n) is 2.77. The Morgan fingerprint density at radius 1 is 1.50 bits per heavy atom. The number of benzene rings is 1. The van der Waals surface area contributed by atoms with Gasteiger partial charge in [0.1, 0.15) is 5.75 Å². The van der Waals surface area contributed by atoms with Crippen LogP contribution in [0.4, 0.5) is 11.4 Å². The summed E-state index contributed by atoms with van der Waals surface area (Å²) in [4.78, 5) is 12.8. The number of nitrogens with zero attached hydrogens (tertiary/aromatic N) is 2. The summed E-state index contributed by atoms with van der Waals surface area (Å²) >= 11 is 0. The molecule has 0 aromatic heterocycles. The molecule has 0 saturated carbocycles. The third kappa shape index (κ3) is 3.01. The fourth-order valence-corrected chi connectivity index (χ4v) is 2.77. The molecule has 0 aliphatic carbocycles. The monoisotopic (exact) mass is 279 g/mol. The second kappa shape index (κ2) is 6.09. The molecule has 110 valence electrons. The summed E-state index contributed by atoms with van der Waals surface area (Å²) in [5.74, 6) is 1.14. The van der Waals surface area contributed by atoms with Crippen molar-refractivity contribution in [3.05, 3.63) is 28.3 Å². The first kappa shape index (κ1) is 14.6. The van der Waals surface area contributed by atoms with E-state index in [-0.39, 0.29) is 11.7 Å². The molecule has 1 saturated heterocycles. The van der Waals surface area contributed by atoms with Crippen molar-refractivity contribution < 1.29 is 9.66 Å². The van der Waals surface area contributed by atoms with E-state index in [0.29, 0.717) is 18.2 Å². The summed E-state index contributed by atoms with van der Waals surface area (Å²) in [6, 6.07) is 5.10. The van der Waals surface area contributed by atoms with Crippen molar-refractivity contribution in [2.24, 2.45) is 11.7 Å². The third-order valence-electron chi connectivity index (χ3n) is 3.90. The van der Waals surface area contributed by atoms with Gasteiger partial charge in [-0.05, 0) is 18.8 Å². The lowest BCUT2D eigenvalue weighted by molar-refractivity contribution is -0.384.